The average Bonchev–Trinajstić information content (AvgIpc) is 2.67. The second kappa shape index (κ2) is 5.79. The van der Waals surface area contributed by atoms with Gasteiger partial charge >= 0.3 is 0 Å². The Morgan fingerprint density at radius 1 is 1.16 bits per heavy atom. The maximum Gasteiger partial charge on any atom is 0.147 e. The summed E-state index contributed by atoms with van der Waals surface area (Å²) < 4.78 is 4.35. The van der Waals surface area contributed by atoms with Gasteiger partial charge in [0.2, 0.25) is 0 Å². The minimum Gasteiger partial charge on any atom is -0.382 e. The van der Waals surface area contributed by atoms with Crippen molar-refractivity contribution in [2.75, 3.05) is 35.2 Å². The van der Waals surface area contributed by atoms with Crippen LogP contribution in [-0.4, -0.2) is 34.0 Å². The molecule has 3 heterocycles. The summed E-state index contributed by atoms with van der Waals surface area (Å²) in [7, 11) is 0. The van der Waals surface area contributed by atoms with E-state index in [9.17, 15) is 0 Å². The standard InChI is InChI=1S/C13H16N4S2/c14-12-11(10-2-4-15-5-3-10)13(19-16-12)17-6-1-8-18-9-7-17/h2-5H,1,6-9H2,(H2,14,16). The number of nitrogen functional groups attached to an aromatic ring is 1. The third-order valence-electron chi connectivity index (χ3n) is 3.18. The van der Waals surface area contributed by atoms with Crippen LogP contribution in [0.25, 0.3) is 11.1 Å². The Hall–Kier alpha value is -1.27. The molecule has 2 aromatic heterocycles. The third kappa shape index (κ3) is 2.69. The van der Waals surface area contributed by atoms with Crippen LogP contribution in [0.5, 0.6) is 0 Å². The topological polar surface area (TPSA) is 55.0 Å². The molecule has 0 atom stereocenters. The van der Waals surface area contributed by atoms with Crippen molar-refractivity contribution < 1.29 is 0 Å². The first kappa shape index (κ1) is 12.7. The van der Waals surface area contributed by atoms with Gasteiger partial charge in [0.15, 0.2) is 0 Å². The zero-order valence-corrected chi connectivity index (χ0v) is 12.2. The van der Waals surface area contributed by atoms with Gasteiger partial charge in [0.25, 0.3) is 0 Å². The Balaban J connectivity index is 1.98. The number of anilines is 2. The Morgan fingerprint density at radius 3 is 2.84 bits per heavy atom. The fourth-order valence-electron chi connectivity index (χ4n) is 2.25. The van der Waals surface area contributed by atoms with Crippen LogP contribution in [-0.2, 0) is 0 Å². The quantitative estimate of drug-likeness (QED) is 0.922. The van der Waals surface area contributed by atoms with Crippen molar-refractivity contribution in [2.24, 2.45) is 0 Å². The van der Waals surface area contributed by atoms with E-state index >= 15 is 0 Å². The Morgan fingerprint density at radius 2 is 2.00 bits per heavy atom. The van der Waals surface area contributed by atoms with Crippen LogP contribution in [0, 0.1) is 0 Å². The largest absolute Gasteiger partial charge is 0.382 e. The summed E-state index contributed by atoms with van der Waals surface area (Å²) in [4.78, 5) is 6.49. The van der Waals surface area contributed by atoms with Crippen LogP contribution in [0.1, 0.15) is 6.42 Å². The van der Waals surface area contributed by atoms with E-state index in [1.165, 1.54) is 34.5 Å². The van der Waals surface area contributed by atoms with Crippen molar-refractivity contribution in [3.05, 3.63) is 24.5 Å². The van der Waals surface area contributed by atoms with Crippen molar-refractivity contribution in [1.82, 2.24) is 9.36 Å². The van der Waals surface area contributed by atoms with Crippen molar-refractivity contribution in [2.45, 2.75) is 6.42 Å². The van der Waals surface area contributed by atoms with Gasteiger partial charge < -0.3 is 10.6 Å². The van der Waals surface area contributed by atoms with Crippen LogP contribution in [0.15, 0.2) is 24.5 Å². The molecule has 6 heteroatoms. The lowest BCUT2D eigenvalue weighted by Crippen LogP contribution is -2.25. The Labute approximate surface area is 121 Å². The van der Waals surface area contributed by atoms with Gasteiger partial charge in [0.1, 0.15) is 10.8 Å². The number of hydrogen-bond acceptors (Lipinski definition) is 6. The van der Waals surface area contributed by atoms with Crippen molar-refractivity contribution in [3.8, 4) is 11.1 Å². The highest BCUT2D eigenvalue weighted by molar-refractivity contribution is 7.99. The SMILES string of the molecule is Nc1nsc(N2CCCSCC2)c1-c1ccncc1. The van der Waals surface area contributed by atoms with E-state index < -0.39 is 0 Å². The molecular formula is C13H16N4S2. The molecule has 0 radical (unpaired) electrons. The highest BCUT2D eigenvalue weighted by Crippen LogP contribution is 2.39. The van der Waals surface area contributed by atoms with E-state index in [1.54, 1.807) is 12.4 Å². The number of rotatable bonds is 2. The number of thioether (sulfide) groups is 1. The van der Waals surface area contributed by atoms with Crippen LogP contribution in [0.4, 0.5) is 10.8 Å². The lowest BCUT2D eigenvalue weighted by atomic mass is 10.1. The first-order chi connectivity index (χ1) is 9.36. The maximum absolute atomic E-state index is 6.07. The molecule has 0 saturated carbocycles. The van der Waals surface area contributed by atoms with Crippen LogP contribution < -0.4 is 10.6 Å². The van der Waals surface area contributed by atoms with Gasteiger partial charge in [-0.15, -0.1) is 0 Å². The lowest BCUT2D eigenvalue weighted by molar-refractivity contribution is 0.824. The monoisotopic (exact) mass is 292 g/mol. The van der Waals surface area contributed by atoms with Gasteiger partial charge in [0.05, 0.1) is 5.56 Å². The molecule has 1 aliphatic rings. The number of nitrogens with zero attached hydrogens (tertiary/aromatic N) is 3. The zero-order valence-electron chi connectivity index (χ0n) is 10.6. The zero-order chi connectivity index (χ0) is 13.1. The molecule has 3 rings (SSSR count). The Kier molecular flexibility index (Phi) is 3.89. The van der Waals surface area contributed by atoms with Crippen molar-refractivity contribution in [3.63, 3.8) is 0 Å². The summed E-state index contributed by atoms with van der Waals surface area (Å²) in [5.74, 6) is 3.05. The molecule has 2 aromatic rings. The highest BCUT2D eigenvalue weighted by atomic mass is 32.2. The summed E-state index contributed by atoms with van der Waals surface area (Å²) in [5, 5.41) is 1.20. The summed E-state index contributed by atoms with van der Waals surface area (Å²) in [6.45, 7) is 2.16. The lowest BCUT2D eigenvalue weighted by Gasteiger charge is -2.21. The molecule has 1 saturated heterocycles. The minimum absolute atomic E-state index is 0.628. The highest BCUT2D eigenvalue weighted by Gasteiger charge is 2.20. The predicted octanol–water partition coefficient (Wildman–Crippen LogP) is 2.73. The molecule has 0 spiro atoms. The second-order valence-electron chi connectivity index (χ2n) is 4.44. The van der Waals surface area contributed by atoms with Crippen LogP contribution in [0.2, 0.25) is 0 Å². The van der Waals surface area contributed by atoms with Gasteiger partial charge in [-0.1, -0.05) is 0 Å². The molecule has 0 aliphatic carbocycles. The van der Waals surface area contributed by atoms with E-state index in [0.717, 1.165) is 24.2 Å². The van der Waals surface area contributed by atoms with Crippen LogP contribution >= 0.6 is 23.3 Å². The van der Waals surface area contributed by atoms with Gasteiger partial charge in [-0.3, -0.25) is 4.98 Å². The Bertz CT molecular complexity index is 533. The summed E-state index contributed by atoms with van der Waals surface area (Å²) >= 11 is 3.53. The summed E-state index contributed by atoms with van der Waals surface area (Å²) in [6.07, 6.45) is 4.82. The molecule has 0 amide bonds. The summed E-state index contributed by atoms with van der Waals surface area (Å²) in [6, 6.07) is 3.99. The first-order valence-corrected chi connectivity index (χ1v) is 8.27. The third-order valence-corrected chi connectivity index (χ3v) is 5.15. The molecular weight excluding hydrogens is 276 g/mol. The average molecular weight is 292 g/mol. The number of pyridine rings is 1. The molecule has 100 valence electrons. The molecule has 0 bridgehead atoms. The summed E-state index contributed by atoms with van der Waals surface area (Å²) in [5.41, 5.74) is 8.24. The van der Waals surface area contributed by atoms with Gasteiger partial charge in [-0.05, 0) is 41.4 Å². The number of hydrogen-bond donors (Lipinski definition) is 1. The molecule has 0 aromatic carbocycles. The van der Waals surface area contributed by atoms with Crippen LogP contribution in [0.3, 0.4) is 0 Å². The van der Waals surface area contributed by atoms with E-state index in [2.05, 4.69) is 14.3 Å². The van der Waals surface area contributed by atoms with Gasteiger partial charge in [0, 0.05) is 31.2 Å². The minimum atomic E-state index is 0.628. The number of nitrogens with two attached hydrogens (primary N) is 1. The molecule has 19 heavy (non-hydrogen) atoms. The van der Waals surface area contributed by atoms with E-state index in [0.29, 0.717) is 5.82 Å². The van der Waals surface area contributed by atoms with E-state index in [1.807, 2.05) is 23.9 Å². The van der Waals surface area contributed by atoms with E-state index in [-0.39, 0.29) is 0 Å². The van der Waals surface area contributed by atoms with Gasteiger partial charge in [-0.2, -0.15) is 16.1 Å². The number of aromatic nitrogens is 2. The second-order valence-corrected chi connectivity index (χ2v) is 6.41. The normalized spacial score (nSPS) is 16.3. The maximum atomic E-state index is 6.07. The molecule has 0 unspecified atom stereocenters. The molecule has 1 fully saturated rings. The van der Waals surface area contributed by atoms with E-state index in [4.69, 9.17) is 5.73 Å². The molecule has 1 aliphatic heterocycles. The fraction of sp³-hybridized carbons (Fsp3) is 0.385. The predicted molar refractivity (Wildman–Crippen MR) is 83.9 cm³/mol. The fourth-order valence-corrected chi connectivity index (χ4v) is 4.02. The molecule has 2 N–H and O–H groups in total. The smallest absolute Gasteiger partial charge is 0.147 e. The molecule has 4 nitrogen and oxygen atoms in total. The van der Waals surface area contributed by atoms with Gasteiger partial charge in [-0.25, -0.2) is 0 Å². The van der Waals surface area contributed by atoms with Crippen molar-refractivity contribution in [1.29, 1.82) is 0 Å². The first-order valence-electron chi connectivity index (χ1n) is 6.34. The van der Waals surface area contributed by atoms with Crippen molar-refractivity contribution >= 4 is 34.1 Å².